The van der Waals surface area contributed by atoms with Crippen LogP contribution in [0.3, 0.4) is 0 Å². The van der Waals surface area contributed by atoms with Crippen molar-refractivity contribution in [2.75, 3.05) is 6.61 Å². The van der Waals surface area contributed by atoms with E-state index in [1.165, 1.54) is 18.2 Å². The van der Waals surface area contributed by atoms with Crippen LogP contribution in [0.1, 0.15) is 17.0 Å². The number of aromatic nitrogens is 2. The molecule has 0 bridgehead atoms. The van der Waals surface area contributed by atoms with E-state index in [4.69, 9.17) is 9.84 Å². The van der Waals surface area contributed by atoms with Crippen molar-refractivity contribution in [2.24, 2.45) is 0 Å². The third-order valence-electron chi connectivity index (χ3n) is 2.36. The molecule has 6 heteroatoms. The summed E-state index contributed by atoms with van der Waals surface area (Å²) in [6.45, 7) is 1.56. The van der Waals surface area contributed by atoms with Crippen LogP contribution >= 0.6 is 0 Å². The predicted molar refractivity (Wildman–Crippen MR) is 63.7 cm³/mol. The Hall–Kier alpha value is -2.39. The van der Waals surface area contributed by atoms with E-state index in [-0.39, 0.29) is 19.0 Å². The van der Waals surface area contributed by atoms with Crippen LogP contribution in [0.2, 0.25) is 0 Å². The van der Waals surface area contributed by atoms with E-state index in [2.05, 4.69) is 26.8 Å². The van der Waals surface area contributed by atoms with Crippen molar-refractivity contribution >= 4 is 0 Å². The molecule has 19 heavy (non-hydrogen) atoms. The Morgan fingerprint density at radius 3 is 2.95 bits per heavy atom. The highest BCUT2D eigenvalue weighted by atomic mass is 19.1. The van der Waals surface area contributed by atoms with E-state index in [9.17, 15) is 4.39 Å². The van der Waals surface area contributed by atoms with Gasteiger partial charge in [-0.25, -0.2) is 9.02 Å². The number of hydrogen-bond acceptors (Lipinski definition) is 5. The van der Waals surface area contributed by atoms with Gasteiger partial charge in [0.2, 0.25) is 0 Å². The zero-order chi connectivity index (χ0) is 13.7. The highest BCUT2D eigenvalue weighted by molar-refractivity contribution is 5.46. The molecule has 0 amide bonds. The monoisotopic (exact) mass is 262 g/mol. The van der Waals surface area contributed by atoms with Gasteiger partial charge in [-0.1, -0.05) is 22.2 Å². The summed E-state index contributed by atoms with van der Waals surface area (Å²) >= 11 is 0. The molecule has 0 saturated heterocycles. The quantitative estimate of drug-likeness (QED) is 0.848. The normalized spacial score (nSPS) is 9.84. The first-order chi connectivity index (χ1) is 9.20. The molecule has 1 aromatic heterocycles. The van der Waals surface area contributed by atoms with Crippen molar-refractivity contribution in [3.63, 3.8) is 0 Å². The number of rotatable bonds is 3. The molecular weight excluding hydrogens is 251 g/mol. The number of halogens is 1. The number of aliphatic hydroxyl groups is 1. The number of ether oxygens (including phenoxy) is 1. The Bertz CT molecular complexity index is 628. The lowest BCUT2D eigenvalue weighted by Crippen LogP contribution is -2.00. The minimum Gasteiger partial charge on any atom is -0.486 e. The number of nitrogens with zero attached hydrogens (tertiary/aromatic N) is 2. The zero-order valence-electron chi connectivity index (χ0n) is 10.2. The van der Waals surface area contributed by atoms with E-state index < -0.39 is 5.82 Å². The first kappa shape index (κ1) is 13.1. The van der Waals surface area contributed by atoms with Crippen molar-refractivity contribution in [3.05, 3.63) is 41.0 Å². The molecule has 0 atom stereocenters. The standard InChI is InChI=1S/C13H11FN2O3/c1-9-12(16-19-15-9)8-18-13-7-11(14)5-4-10(13)3-2-6-17/h4-5,7,17H,6,8H2,1H3. The van der Waals surface area contributed by atoms with Gasteiger partial charge in [0, 0.05) is 6.07 Å². The van der Waals surface area contributed by atoms with Gasteiger partial charge < -0.3 is 9.84 Å². The largest absolute Gasteiger partial charge is 0.486 e. The van der Waals surface area contributed by atoms with Gasteiger partial charge in [0.05, 0.1) is 5.56 Å². The summed E-state index contributed by atoms with van der Waals surface area (Å²) < 4.78 is 23.2. The molecule has 0 saturated carbocycles. The maximum Gasteiger partial charge on any atom is 0.145 e. The third-order valence-corrected chi connectivity index (χ3v) is 2.36. The van der Waals surface area contributed by atoms with Crippen molar-refractivity contribution in [1.29, 1.82) is 0 Å². The fourth-order valence-electron chi connectivity index (χ4n) is 1.38. The number of aliphatic hydroxyl groups excluding tert-OH is 1. The van der Waals surface area contributed by atoms with Crippen LogP contribution in [0.4, 0.5) is 4.39 Å². The second-order valence-electron chi connectivity index (χ2n) is 3.69. The highest BCUT2D eigenvalue weighted by Gasteiger charge is 2.08. The van der Waals surface area contributed by atoms with Crippen LogP contribution in [0.25, 0.3) is 0 Å². The van der Waals surface area contributed by atoms with E-state index >= 15 is 0 Å². The minimum atomic E-state index is -0.431. The summed E-state index contributed by atoms with van der Waals surface area (Å²) in [4.78, 5) is 0. The lowest BCUT2D eigenvalue weighted by molar-refractivity contribution is 0.269. The van der Waals surface area contributed by atoms with Gasteiger partial charge >= 0.3 is 0 Å². The Morgan fingerprint density at radius 1 is 1.42 bits per heavy atom. The molecule has 0 unspecified atom stereocenters. The molecule has 5 nitrogen and oxygen atoms in total. The Morgan fingerprint density at radius 2 is 2.26 bits per heavy atom. The van der Waals surface area contributed by atoms with Crippen molar-refractivity contribution < 1.29 is 18.9 Å². The molecule has 0 radical (unpaired) electrons. The molecule has 0 aliphatic carbocycles. The Kier molecular flexibility index (Phi) is 4.11. The van der Waals surface area contributed by atoms with E-state index in [0.29, 0.717) is 17.0 Å². The summed E-state index contributed by atoms with van der Waals surface area (Å²) in [7, 11) is 0. The fourth-order valence-corrected chi connectivity index (χ4v) is 1.38. The maximum absolute atomic E-state index is 13.2. The van der Waals surface area contributed by atoms with Gasteiger partial charge in [0.15, 0.2) is 0 Å². The van der Waals surface area contributed by atoms with Gasteiger partial charge in [-0.15, -0.1) is 0 Å². The van der Waals surface area contributed by atoms with Crippen LogP contribution in [0.15, 0.2) is 22.8 Å². The Labute approximate surface area is 109 Å². The third kappa shape index (κ3) is 3.30. The molecule has 0 aliphatic rings. The second-order valence-corrected chi connectivity index (χ2v) is 3.69. The smallest absolute Gasteiger partial charge is 0.145 e. The molecule has 0 spiro atoms. The average molecular weight is 262 g/mol. The molecule has 2 rings (SSSR count). The maximum atomic E-state index is 13.2. The summed E-state index contributed by atoms with van der Waals surface area (Å²) in [5, 5.41) is 16.0. The SMILES string of the molecule is Cc1nonc1COc1cc(F)ccc1C#CCO. The van der Waals surface area contributed by atoms with Crippen LogP contribution in [-0.4, -0.2) is 22.0 Å². The van der Waals surface area contributed by atoms with Gasteiger partial charge in [-0.3, -0.25) is 0 Å². The number of hydrogen-bond donors (Lipinski definition) is 1. The summed E-state index contributed by atoms with van der Waals surface area (Å²) in [6.07, 6.45) is 0. The molecule has 2 aromatic rings. The van der Waals surface area contributed by atoms with Crippen LogP contribution < -0.4 is 4.74 Å². The number of benzene rings is 1. The summed E-state index contributed by atoms with van der Waals surface area (Å²) in [6, 6.07) is 3.99. The van der Waals surface area contributed by atoms with E-state index in [1.54, 1.807) is 6.92 Å². The van der Waals surface area contributed by atoms with Crippen molar-refractivity contribution in [1.82, 2.24) is 10.3 Å². The lowest BCUT2D eigenvalue weighted by atomic mass is 10.2. The Balaban J connectivity index is 2.18. The van der Waals surface area contributed by atoms with E-state index in [1.807, 2.05) is 0 Å². The van der Waals surface area contributed by atoms with Gasteiger partial charge in [0.1, 0.15) is 36.2 Å². The molecule has 0 fully saturated rings. The molecule has 1 aromatic carbocycles. The second kappa shape index (κ2) is 5.98. The van der Waals surface area contributed by atoms with Gasteiger partial charge in [0.25, 0.3) is 0 Å². The molecule has 1 N–H and O–H groups in total. The first-order valence-electron chi connectivity index (χ1n) is 5.51. The summed E-state index contributed by atoms with van der Waals surface area (Å²) in [5.74, 6) is 5.02. The van der Waals surface area contributed by atoms with Crippen LogP contribution in [-0.2, 0) is 6.61 Å². The van der Waals surface area contributed by atoms with Crippen molar-refractivity contribution in [3.8, 4) is 17.6 Å². The lowest BCUT2D eigenvalue weighted by Gasteiger charge is -2.06. The van der Waals surface area contributed by atoms with Crippen LogP contribution in [0.5, 0.6) is 5.75 Å². The average Bonchev–Trinajstić information content (AvgIpc) is 2.81. The summed E-state index contributed by atoms with van der Waals surface area (Å²) in [5.41, 5.74) is 1.63. The molecule has 98 valence electrons. The molecular formula is C13H11FN2O3. The first-order valence-corrected chi connectivity index (χ1v) is 5.51. The van der Waals surface area contributed by atoms with Gasteiger partial charge in [-0.2, -0.15) is 0 Å². The topological polar surface area (TPSA) is 68.4 Å². The number of aryl methyl sites for hydroxylation is 1. The van der Waals surface area contributed by atoms with Crippen molar-refractivity contribution in [2.45, 2.75) is 13.5 Å². The zero-order valence-corrected chi connectivity index (χ0v) is 10.2. The molecule has 1 heterocycles. The fraction of sp³-hybridized carbons (Fsp3) is 0.231. The minimum absolute atomic E-state index is 0.104. The highest BCUT2D eigenvalue weighted by Crippen LogP contribution is 2.20. The van der Waals surface area contributed by atoms with E-state index in [0.717, 1.165) is 0 Å². The van der Waals surface area contributed by atoms with Gasteiger partial charge in [-0.05, 0) is 19.1 Å². The molecule has 0 aliphatic heterocycles. The van der Waals surface area contributed by atoms with Crippen LogP contribution in [0, 0.1) is 24.6 Å². The predicted octanol–water partition coefficient (Wildman–Crippen LogP) is 1.44.